The summed E-state index contributed by atoms with van der Waals surface area (Å²) < 4.78 is 0. The third-order valence-electron chi connectivity index (χ3n) is 7.77. The van der Waals surface area contributed by atoms with E-state index in [0.717, 1.165) is 47.3 Å². The van der Waals surface area contributed by atoms with Crippen LogP contribution in [0.1, 0.15) is 115 Å². The van der Waals surface area contributed by atoms with Gasteiger partial charge in [0.15, 0.2) is 0 Å². The number of rotatable bonds is 14. The zero-order valence-corrected chi connectivity index (χ0v) is 20.9. The summed E-state index contributed by atoms with van der Waals surface area (Å²) in [5, 5.41) is 0. The first-order valence-corrected chi connectivity index (χ1v) is 12.2. The molecule has 0 heterocycles. The van der Waals surface area contributed by atoms with E-state index in [9.17, 15) is 0 Å². The van der Waals surface area contributed by atoms with E-state index in [1.807, 2.05) is 0 Å². The van der Waals surface area contributed by atoms with Gasteiger partial charge in [-0.1, -0.05) is 93.7 Å². The highest BCUT2D eigenvalue weighted by Crippen LogP contribution is 2.34. The van der Waals surface area contributed by atoms with Crippen LogP contribution in [-0.4, -0.2) is 0 Å². The molecule has 0 bridgehead atoms. The van der Waals surface area contributed by atoms with Gasteiger partial charge in [-0.15, -0.1) is 0 Å². The van der Waals surface area contributed by atoms with Crippen molar-refractivity contribution in [1.29, 1.82) is 0 Å². The summed E-state index contributed by atoms with van der Waals surface area (Å²) in [6.07, 6.45) is 10.6. The van der Waals surface area contributed by atoms with Crippen LogP contribution >= 0.6 is 0 Å². The molecule has 0 amide bonds. The van der Waals surface area contributed by atoms with Gasteiger partial charge in [0.1, 0.15) is 0 Å². The van der Waals surface area contributed by atoms with Crippen molar-refractivity contribution in [2.24, 2.45) is 47.3 Å². The maximum Gasteiger partial charge on any atom is -0.0205 e. The molecule has 0 aromatic carbocycles. The summed E-state index contributed by atoms with van der Waals surface area (Å²) in [5.41, 5.74) is 1.62. The predicted octanol–water partition coefficient (Wildman–Crippen LogP) is 9.40. The Morgan fingerprint density at radius 2 is 1.33 bits per heavy atom. The molecule has 162 valence electrons. The van der Waals surface area contributed by atoms with Crippen LogP contribution in [-0.2, 0) is 0 Å². The van der Waals surface area contributed by atoms with E-state index in [1.165, 1.54) is 38.5 Å². The molecule has 6 unspecified atom stereocenters. The van der Waals surface area contributed by atoms with Gasteiger partial charge in [-0.2, -0.15) is 0 Å². The van der Waals surface area contributed by atoms with Crippen molar-refractivity contribution in [3.8, 4) is 0 Å². The molecule has 0 aliphatic rings. The molecule has 0 fully saturated rings. The lowest BCUT2D eigenvalue weighted by Crippen LogP contribution is -2.22. The van der Waals surface area contributed by atoms with Gasteiger partial charge < -0.3 is 0 Å². The van der Waals surface area contributed by atoms with Crippen LogP contribution in [0.2, 0.25) is 0 Å². The van der Waals surface area contributed by atoms with Crippen molar-refractivity contribution in [2.45, 2.75) is 115 Å². The van der Waals surface area contributed by atoms with Gasteiger partial charge in [0.2, 0.25) is 0 Å². The van der Waals surface area contributed by atoms with Gasteiger partial charge in [-0.25, -0.2) is 0 Å². The largest absolute Gasteiger partial charge is 0.0822 e. The van der Waals surface area contributed by atoms with Crippen LogP contribution in [0, 0.1) is 47.3 Å². The molecule has 6 atom stereocenters. The fraction of sp³-hybridized carbons (Fsp3) is 0.926. The second-order valence-corrected chi connectivity index (χ2v) is 10.6. The van der Waals surface area contributed by atoms with Crippen LogP contribution in [0.5, 0.6) is 0 Å². The van der Waals surface area contributed by atoms with Gasteiger partial charge in [0, 0.05) is 0 Å². The lowest BCUT2D eigenvalue weighted by atomic mass is 9.74. The van der Waals surface area contributed by atoms with Crippen molar-refractivity contribution in [3.05, 3.63) is 11.6 Å². The summed E-state index contributed by atoms with van der Waals surface area (Å²) >= 11 is 0. The Morgan fingerprint density at radius 1 is 0.741 bits per heavy atom. The van der Waals surface area contributed by atoms with E-state index in [-0.39, 0.29) is 0 Å². The monoisotopic (exact) mass is 378 g/mol. The number of allylic oxidation sites excluding steroid dienone is 2. The van der Waals surface area contributed by atoms with Gasteiger partial charge in [0.05, 0.1) is 0 Å². The quantitative estimate of drug-likeness (QED) is 0.264. The van der Waals surface area contributed by atoms with E-state index in [0.29, 0.717) is 0 Å². The summed E-state index contributed by atoms with van der Waals surface area (Å²) in [6.45, 7) is 26.5. The summed E-state index contributed by atoms with van der Waals surface area (Å²) in [6, 6.07) is 0. The van der Waals surface area contributed by atoms with E-state index in [4.69, 9.17) is 0 Å². The molecule has 0 aliphatic carbocycles. The first-order valence-electron chi connectivity index (χ1n) is 12.2. The van der Waals surface area contributed by atoms with Crippen molar-refractivity contribution < 1.29 is 0 Å². The predicted molar refractivity (Wildman–Crippen MR) is 126 cm³/mol. The molecule has 0 N–H and O–H groups in total. The minimum absolute atomic E-state index is 0.753. The molecule has 0 saturated carbocycles. The smallest absolute Gasteiger partial charge is 0.0205 e. The van der Waals surface area contributed by atoms with E-state index in [2.05, 4.69) is 82.2 Å². The molecule has 0 saturated heterocycles. The average molecular weight is 379 g/mol. The Morgan fingerprint density at radius 3 is 1.78 bits per heavy atom. The maximum atomic E-state index is 2.59. The summed E-state index contributed by atoms with van der Waals surface area (Å²) in [5.74, 6) is 6.57. The Kier molecular flexibility index (Phi) is 13.7. The van der Waals surface area contributed by atoms with Crippen molar-refractivity contribution in [2.75, 3.05) is 0 Å². The van der Waals surface area contributed by atoms with Crippen LogP contribution in [0.3, 0.4) is 0 Å². The molecular weight excluding hydrogens is 324 g/mol. The van der Waals surface area contributed by atoms with Gasteiger partial charge in [-0.3, -0.25) is 0 Å². The molecule has 27 heavy (non-hydrogen) atoms. The first-order chi connectivity index (χ1) is 12.5. The van der Waals surface area contributed by atoms with Crippen LogP contribution in [0.4, 0.5) is 0 Å². The zero-order chi connectivity index (χ0) is 21.1. The fourth-order valence-corrected chi connectivity index (χ4v) is 4.70. The molecule has 0 rings (SSSR count). The fourth-order valence-electron chi connectivity index (χ4n) is 4.70. The van der Waals surface area contributed by atoms with E-state index < -0.39 is 0 Å². The van der Waals surface area contributed by atoms with Gasteiger partial charge in [0.25, 0.3) is 0 Å². The summed E-state index contributed by atoms with van der Waals surface area (Å²) in [7, 11) is 0. The molecule has 0 nitrogen and oxygen atoms in total. The molecule has 0 aromatic heterocycles. The van der Waals surface area contributed by atoms with Gasteiger partial charge >= 0.3 is 0 Å². The Balaban J connectivity index is 4.51. The molecule has 0 radical (unpaired) electrons. The first kappa shape index (κ1) is 26.7. The van der Waals surface area contributed by atoms with Crippen molar-refractivity contribution >= 4 is 0 Å². The van der Waals surface area contributed by atoms with Gasteiger partial charge in [-0.05, 0) is 80.0 Å². The topological polar surface area (TPSA) is 0 Å². The maximum absolute atomic E-state index is 2.59. The molecule has 0 spiro atoms. The summed E-state index contributed by atoms with van der Waals surface area (Å²) in [4.78, 5) is 0. The van der Waals surface area contributed by atoms with Crippen molar-refractivity contribution in [1.82, 2.24) is 0 Å². The Bertz CT molecular complexity index is 389. The third kappa shape index (κ3) is 10.2. The van der Waals surface area contributed by atoms with E-state index >= 15 is 0 Å². The normalized spacial score (nSPS) is 19.8. The van der Waals surface area contributed by atoms with Crippen LogP contribution in [0.25, 0.3) is 0 Å². The Labute approximate surface area is 174 Å². The highest BCUT2D eigenvalue weighted by molar-refractivity contribution is 5.02. The van der Waals surface area contributed by atoms with Crippen LogP contribution < -0.4 is 0 Å². The second-order valence-electron chi connectivity index (χ2n) is 10.6. The van der Waals surface area contributed by atoms with E-state index in [1.54, 1.807) is 5.57 Å². The lowest BCUT2D eigenvalue weighted by Gasteiger charge is -2.32. The Hall–Kier alpha value is -0.260. The molecule has 0 aliphatic heterocycles. The standard InChI is InChI=1S/C27H54/c1-12-22(8)27(20(5)6)18-24(10)23(9)16-14-15-21(7)17-26(13-2)25(11)19(3)4/h17,19-20,22-27H,12-16,18H2,1-11H3. The van der Waals surface area contributed by atoms with Crippen molar-refractivity contribution in [3.63, 3.8) is 0 Å². The number of hydrogen-bond donors (Lipinski definition) is 0. The zero-order valence-electron chi connectivity index (χ0n) is 20.9. The second kappa shape index (κ2) is 13.8. The average Bonchev–Trinajstić information content (AvgIpc) is 2.61. The highest BCUT2D eigenvalue weighted by atomic mass is 14.3. The third-order valence-corrected chi connectivity index (χ3v) is 7.77. The lowest BCUT2D eigenvalue weighted by molar-refractivity contribution is 0.186. The molecule has 0 heteroatoms. The SMILES string of the molecule is CCC(C)C(CC(C)C(C)CCCC(C)=CC(CC)C(C)C(C)C)C(C)C. The molecular formula is C27H54. The highest BCUT2D eigenvalue weighted by Gasteiger charge is 2.24. The van der Waals surface area contributed by atoms with Crippen LogP contribution in [0.15, 0.2) is 11.6 Å². The minimum Gasteiger partial charge on any atom is -0.0822 e. The molecule has 0 aromatic rings. The minimum atomic E-state index is 0.753. The number of hydrogen-bond acceptors (Lipinski definition) is 0.